The average Bonchev–Trinajstić information content (AvgIpc) is 3.11. The van der Waals surface area contributed by atoms with Gasteiger partial charge in [-0.05, 0) is 12.1 Å². The molecule has 0 atom stereocenters. The van der Waals surface area contributed by atoms with Gasteiger partial charge in [-0.3, -0.25) is 0 Å². The van der Waals surface area contributed by atoms with Gasteiger partial charge in [-0.15, -0.1) is 11.3 Å². The van der Waals surface area contributed by atoms with Gasteiger partial charge >= 0.3 is 5.97 Å². The first-order chi connectivity index (χ1) is 11.7. The molecule has 0 spiro atoms. The van der Waals surface area contributed by atoms with Crippen molar-refractivity contribution in [1.82, 2.24) is 4.98 Å². The number of aromatic nitrogens is 1. The highest BCUT2D eigenvalue weighted by Crippen LogP contribution is 2.24. The number of nitrogens with zero attached hydrogens (tertiary/aromatic N) is 1. The van der Waals surface area contributed by atoms with Gasteiger partial charge in [0.15, 0.2) is 5.69 Å². The van der Waals surface area contributed by atoms with E-state index in [-0.39, 0.29) is 13.2 Å². The second-order valence-electron chi connectivity index (χ2n) is 4.82. The molecule has 0 radical (unpaired) electrons. The highest BCUT2D eigenvalue weighted by molar-refractivity contribution is 7.13. The number of thiazole rings is 1. The summed E-state index contributed by atoms with van der Waals surface area (Å²) in [5.74, 6) is 0.103. The molecule has 0 unspecified atom stereocenters. The van der Waals surface area contributed by atoms with Crippen LogP contribution in [0, 0.1) is 0 Å². The van der Waals surface area contributed by atoms with Crippen LogP contribution in [0.3, 0.4) is 0 Å². The first-order valence-corrected chi connectivity index (χ1v) is 8.55. The standard InChI is InChI=1S/C18H14ClNO3S/c19-14-8-4-5-9-16(14)22-10-11-23-18(21)15-12-24-17(20-15)13-6-2-1-3-7-13/h1-9,12H,10-11H2. The predicted molar refractivity (Wildman–Crippen MR) is 94.8 cm³/mol. The zero-order valence-corrected chi connectivity index (χ0v) is 14.2. The number of rotatable bonds is 6. The summed E-state index contributed by atoms with van der Waals surface area (Å²) in [6.07, 6.45) is 0. The van der Waals surface area contributed by atoms with Crippen LogP contribution in [0.25, 0.3) is 10.6 Å². The maximum absolute atomic E-state index is 12.0. The number of carbonyl (C=O) groups excluding carboxylic acids is 1. The summed E-state index contributed by atoms with van der Waals surface area (Å²) >= 11 is 7.39. The van der Waals surface area contributed by atoms with E-state index in [1.54, 1.807) is 17.5 Å². The van der Waals surface area contributed by atoms with Crippen molar-refractivity contribution in [3.63, 3.8) is 0 Å². The number of esters is 1. The molecule has 4 nitrogen and oxygen atoms in total. The van der Waals surface area contributed by atoms with Gasteiger partial charge in [-0.1, -0.05) is 54.1 Å². The molecule has 0 N–H and O–H groups in total. The third-order valence-electron chi connectivity index (χ3n) is 3.14. The van der Waals surface area contributed by atoms with E-state index in [1.165, 1.54) is 11.3 Å². The molecule has 6 heteroatoms. The fraction of sp³-hybridized carbons (Fsp3) is 0.111. The van der Waals surface area contributed by atoms with E-state index in [0.717, 1.165) is 10.6 Å². The van der Waals surface area contributed by atoms with Crippen LogP contribution in [0.2, 0.25) is 5.02 Å². The normalized spacial score (nSPS) is 10.4. The summed E-state index contributed by atoms with van der Waals surface area (Å²) < 4.78 is 10.6. The molecule has 0 saturated heterocycles. The predicted octanol–water partition coefficient (Wildman–Crippen LogP) is 4.70. The van der Waals surface area contributed by atoms with Gasteiger partial charge in [0.25, 0.3) is 0 Å². The molecule has 0 amide bonds. The number of halogens is 1. The molecule has 3 rings (SSSR count). The summed E-state index contributed by atoms with van der Waals surface area (Å²) in [5.41, 5.74) is 1.28. The minimum absolute atomic E-state index is 0.127. The van der Waals surface area contributed by atoms with Crippen LogP contribution in [0.15, 0.2) is 60.0 Å². The Bertz CT molecular complexity index is 820. The topological polar surface area (TPSA) is 48.4 Å². The highest BCUT2D eigenvalue weighted by atomic mass is 35.5. The maximum Gasteiger partial charge on any atom is 0.357 e. The third-order valence-corrected chi connectivity index (χ3v) is 4.35. The van der Waals surface area contributed by atoms with Crippen molar-refractivity contribution in [2.24, 2.45) is 0 Å². The summed E-state index contributed by atoms with van der Waals surface area (Å²) in [7, 11) is 0. The van der Waals surface area contributed by atoms with Crippen molar-refractivity contribution >= 4 is 28.9 Å². The third kappa shape index (κ3) is 4.13. The van der Waals surface area contributed by atoms with Crippen LogP contribution in [0.4, 0.5) is 0 Å². The van der Waals surface area contributed by atoms with Gasteiger partial charge in [0, 0.05) is 10.9 Å². The lowest BCUT2D eigenvalue weighted by Crippen LogP contribution is -2.12. The lowest BCUT2D eigenvalue weighted by molar-refractivity contribution is 0.0445. The maximum atomic E-state index is 12.0. The van der Waals surface area contributed by atoms with E-state index in [0.29, 0.717) is 16.5 Å². The second kappa shape index (κ2) is 7.95. The molecule has 0 aliphatic carbocycles. The number of ether oxygens (including phenoxy) is 2. The summed E-state index contributed by atoms with van der Waals surface area (Å²) in [5, 5.41) is 3.00. The van der Waals surface area contributed by atoms with Crippen molar-refractivity contribution in [3.05, 3.63) is 70.7 Å². The van der Waals surface area contributed by atoms with Crippen molar-refractivity contribution < 1.29 is 14.3 Å². The molecular weight excluding hydrogens is 346 g/mol. The Morgan fingerprint density at radius 2 is 1.79 bits per heavy atom. The molecule has 0 aliphatic rings. The van der Waals surface area contributed by atoms with Crippen molar-refractivity contribution in [1.29, 1.82) is 0 Å². The Kier molecular flexibility index (Phi) is 5.46. The largest absolute Gasteiger partial charge is 0.488 e. The number of hydrogen-bond donors (Lipinski definition) is 0. The molecule has 0 fully saturated rings. The minimum atomic E-state index is -0.462. The average molecular weight is 360 g/mol. The lowest BCUT2D eigenvalue weighted by atomic mass is 10.2. The minimum Gasteiger partial charge on any atom is -0.488 e. The first-order valence-electron chi connectivity index (χ1n) is 7.29. The van der Waals surface area contributed by atoms with Gasteiger partial charge < -0.3 is 9.47 Å². The van der Waals surface area contributed by atoms with Gasteiger partial charge in [-0.25, -0.2) is 9.78 Å². The number of hydrogen-bond acceptors (Lipinski definition) is 5. The monoisotopic (exact) mass is 359 g/mol. The van der Waals surface area contributed by atoms with Gasteiger partial charge in [0.05, 0.1) is 5.02 Å². The van der Waals surface area contributed by atoms with E-state index in [9.17, 15) is 4.79 Å². The van der Waals surface area contributed by atoms with Crippen molar-refractivity contribution in [3.8, 4) is 16.3 Å². The molecular formula is C18H14ClNO3S. The Labute approximate surface area is 148 Å². The molecule has 1 aromatic heterocycles. The Hall–Kier alpha value is -2.37. The van der Waals surface area contributed by atoms with E-state index < -0.39 is 5.97 Å². The molecule has 0 bridgehead atoms. The zero-order valence-electron chi connectivity index (χ0n) is 12.6. The van der Waals surface area contributed by atoms with Gasteiger partial charge in [0.2, 0.25) is 0 Å². The van der Waals surface area contributed by atoms with E-state index in [1.807, 2.05) is 42.5 Å². The quantitative estimate of drug-likeness (QED) is 0.473. The van der Waals surface area contributed by atoms with Crippen LogP contribution in [0.1, 0.15) is 10.5 Å². The summed E-state index contributed by atoms with van der Waals surface area (Å²) in [4.78, 5) is 16.3. The molecule has 1 heterocycles. The van der Waals surface area contributed by atoms with E-state index in [4.69, 9.17) is 21.1 Å². The number of carbonyl (C=O) groups is 1. The van der Waals surface area contributed by atoms with Crippen LogP contribution < -0.4 is 4.74 Å². The molecule has 24 heavy (non-hydrogen) atoms. The lowest BCUT2D eigenvalue weighted by Gasteiger charge is -2.07. The fourth-order valence-corrected chi connectivity index (χ4v) is 2.99. The molecule has 2 aromatic carbocycles. The van der Waals surface area contributed by atoms with Crippen LogP contribution in [-0.4, -0.2) is 24.2 Å². The van der Waals surface area contributed by atoms with Gasteiger partial charge in [-0.2, -0.15) is 0 Å². The Balaban J connectivity index is 1.51. The first kappa shape index (κ1) is 16.5. The van der Waals surface area contributed by atoms with Crippen LogP contribution >= 0.6 is 22.9 Å². The highest BCUT2D eigenvalue weighted by Gasteiger charge is 2.13. The van der Waals surface area contributed by atoms with E-state index in [2.05, 4.69) is 4.98 Å². The molecule has 3 aromatic rings. The van der Waals surface area contributed by atoms with Crippen molar-refractivity contribution in [2.75, 3.05) is 13.2 Å². The van der Waals surface area contributed by atoms with Crippen LogP contribution in [0.5, 0.6) is 5.75 Å². The van der Waals surface area contributed by atoms with Gasteiger partial charge in [0.1, 0.15) is 24.0 Å². The Morgan fingerprint density at radius 1 is 1.04 bits per heavy atom. The second-order valence-corrected chi connectivity index (χ2v) is 6.08. The molecule has 122 valence electrons. The number of benzene rings is 2. The Morgan fingerprint density at radius 3 is 2.58 bits per heavy atom. The molecule has 0 aliphatic heterocycles. The molecule has 0 saturated carbocycles. The number of para-hydroxylation sites is 1. The smallest absolute Gasteiger partial charge is 0.357 e. The SMILES string of the molecule is O=C(OCCOc1ccccc1Cl)c1csc(-c2ccccc2)n1. The van der Waals surface area contributed by atoms with Crippen molar-refractivity contribution in [2.45, 2.75) is 0 Å². The fourth-order valence-electron chi connectivity index (χ4n) is 2.00. The van der Waals surface area contributed by atoms with E-state index >= 15 is 0 Å². The summed E-state index contributed by atoms with van der Waals surface area (Å²) in [6, 6.07) is 16.8. The summed E-state index contributed by atoms with van der Waals surface area (Å²) in [6.45, 7) is 0.355. The zero-order chi connectivity index (χ0) is 16.8. The van der Waals surface area contributed by atoms with Crippen LogP contribution in [-0.2, 0) is 4.74 Å².